The quantitative estimate of drug-likeness (QED) is 0.379. The summed E-state index contributed by atoms with van der Waals surface area (Å²) in [5.74, 6) is 1.70. The highest BCUT2D eigenvalue weighted by molar-refractivity contribution is 6.17. The van der Waals surface area contributed by atoms with Crippen molar-refractivity contribution >= 4 is 11.6 Å². The van der Waals surface area contributed by atoms with Crippen LogP contribution in [-0.2, 0) is 11.8 Å². The second-order valence-electron chi connectivity index (χ2n) is 6.84. The molecule has 0 aromatic heterocycles. The van der Waals surface area contributed by atoms with Gasteiger partial charge in [-0.3, -0.25) is 0 Å². The van der Waals surface area contributed by atoms with Crippen LogP contribution in [-0.4, -0.2) is 12.5 Å². The fraction of sp³-hybridized carbons (Fsp3) is 0.455. The lowest BCUT2D eigenvalue weighted by atomic mass is 9.78. The van der Waals surface area contributed by atoms with Crippen LogP contribution in [0.4, 0.5) is 0 Å². The number of rotatable bonds is 9. The third-order valence-corrected chi connectivity index (χ3v) is 4.84. The van der Waals surface area contributed by atoms with E-state index in [9.17, 15) is 0 Å². The summed E-state index contributed by atoms with van der Waals surface area (Å²) >= 11 is 5.75. The first kappa shape index (κ1) is 18.9. The summed E-state index contributed by atoms with van der Waals surface area (Å²) in [4.78, 5) is 0. The van der Waals surface area contributed by atoms with Gasteiger partial charge in [-0.1, -0.05) is 57.2 Å². The fourth-order valence-corrected chi connectivity index (χ4v) is 3.06. The van der Waals surface area contributed by atoms with Gasteiger partial charge >= 0.3 is 0 Å². The molecular formula is C22H29ClO. The molecule has 0 aliphatic carbocycles. The van der Waals surface area contributed by atoms with Gasteiger partial charge in [-0.15, -0.1) is 11.6 Å². The summed E-state index contributed by atoms with van der Waals surface area (Å²) in [6.07, 6.45) is 4.38. The minimum atomic E-state index is -0.0159. The second kappa shape index (κ2) is 9.13. The zero-order valence-corrected chi connectivity index (χ0v) is 15.9. The Bertz CT molecular complexity index is 599. The molecule has 2 aromatic rings. The number of hydrogen-bond donors (Lipinski definition) is 0. The zero-order valence-electron chi connectivity index (χ0n) is 15.1. The summed E-state index contributed by atoms with van der Waals surface area (Å²) < 4.78 is 5.68. The van der Waals surface area contributed by atoms with E-state index in [1.54, 1.807) is 0 Å². The molecule has 0 saturated heterocycles. The van der Waals surface area contributed by atoms with E-state index in [0.29, 0.717) is 0 Å². The van der Waals surface area contributed by atoms with Crippen LogP contribution in [0.2, 0.25) is 0 Å². The number of ether oxygens (including phenoxy) is 1. The molecule has 24 heavy (non-hydrogen) atoms. The van der Waals surface area contributed by atoms with Gasteiger partial charge in [-0.05, 0) is 54.5 Å². The lowest BCUT2D eigenvalue weighted by molar-refractivity contribution is 0.317. The smallest absolute Gasteiger partial charge is 0.119 e. The molecule has 0 N–H and O–H groups in total. The number of aryl methyl sites for hydroxylation is 1. The van der Waals surface area contributed by atoms with E-state index in [2.05, 4.69) is 69.3 Å². The van der Waals surface area contributed by atoms with Crippen LogP contribution in [0, 0.1) is 0 Å². The number of halogens is 1. The maximum absolute atomic E-state index is 5.75. The van der Waals surface area contributed by atoms with E-state index in [-0.39, 0.29) is 5.41 Å². The molecule has 0 aliphatic heterocycles. The van der Waals surface area contributed by atoms with Crippen molar-refractivity contribution < 1.29 is 4.74 Å². The Morgan fingerprint density at radius 3 is 2.00 bits per heavy atom. The van der Waals surface area contributed by atoms with Gasteiger partial charge in [0.15, 0.2) is 0 Å². The Labute approximate surface area is 152 Å². The van der Waals surface area contributed by atoms with Gasteiger partial charge in [-0.2, -0.15) is 0 Å². The minimum Gasteiger partial charge on any atom is -0.494 e. The molecule has 0 bridgehead atoms. The lowest BCUT2D eigenvalue weighted by Crippen LogP contribution is -2.18. The van der Waals surface area contributed by atoms with Crippen molar-refractivity contribution in [1.29, 1.82) is 0 Å². The van der Waals surface area contributed by atoms with Crippen LogP contribution in [0.5, 0.6) is 5.75 Å². The summed E-state index contributed by atoms with van der Waals surface area (Å²) in [6, 6.07) is 17.5. The average Bonchev–Trinajstić information content (AvgIpc) is 2.61. The van der Waals surface area contributed by atoms with Gasteiger partial charge in [0.05, 0.1) is 6.61 Å². The van der Waals surface area contributed by atoms with Gasteiger partial charge in [0, 0.05) is 11.3 Å². The predicted molar refractivity (Wildman–Crippen MR) is 104 cm³/mol. The lowest BCUT2D eigenvalue weighted by Gasteiger charge is -2.26. The minimum absolute atomic E-state index is 0.0159. The molecule has 0 fully saturated rings. The standard InChI is InChI=1S/C22H29ClO/c1-4-17-24-21-14-12-20(13-15-21)22(2,3)19-10-8-18(9-11-19)7-5-6-16-23/h8-15H,4-7,16-17H2,1-3H3. The molecule has 0 heterocycles. The Balaban J connectivity index is 2.08. The van der Waals surface area contributed by atoms with E-state index in [1.165, 1.54) is 16.7 Å². The molecule has 0 unspecified atom stereocenters. The van der Waals surface area contributed by atoms with Crippen molar-refractivity contribution in [3.8, 4) is 5.75 Å². The van der Waals surface area contributed by atoms with Gasteiger partial charge in [0.1, 0.15) is 5.75 Å². The van der Waals surface area contributed by atoms with Gasteiger partial charge in [-0.25, -0.2) is 0 Å². The van der Waals surface area contributed by atoms with Crippen molar-refractivity contribution in [2.75, 3.05) is 12.5 Å². The molecule has 0 atom stereocenters. The van der Waals surface area contributed by atoms with E-state index in [0.717, 1.165) is 43.9 Å². The molecule has 0 saturated carbocycles. The summed E-state index contributed by atoms with van der Waals surface area (Å²) in [5.41, 5.74) is 4.02. The van der Waals surface area contributed by atoms with E-state index in [4.69, 9.17) is 16.3 Å². The van der Waals surface area contributed by atoms with Crippen LogP contribution >= 0.6 is 11.6 Å². The molecule has 2 rings (SSSR count). The average molecular weight is 345 g/mol. The predicted octanol–water partition coefficient (Wildman–Crippen LogP) is 6.36. The SMILES string of the molecule is CCCOc1ccc(C(C)(C)c2ccc(CCCCCl)cc2)cc1. The monoisotopic (exact) mass is 344 g/mol. The first-order valence-electron chi connectivity index (χ1n) is 8.96. The van der Waals surface area contributed by atoms with Crippen molar-refractivity contribution in [1.82, 2.24) is 0 Å². The summed E-state index contributed by atoms with van der Waals surface area (Å²) in [5, 5.41) is 0. The van der Waals surface area contributed by atoms with E-state index >= 15 is 0 Å². The maximum Gasteiger partial charge on any atom is 0.119 e. The Kier molecular flexibility index (Phi) is 7.17. The number of alkyl halides is 1. The summed E-state index contributed by atoms with van der Waals surface area (Å²) in [7, 11) is 0. The molecule has 130 valence electrons. The number of benzene rings is 2. The van der Waals surface area contributed by atoms with Gasteiger partial charge < -0.3 is 4.74 Å². The number of unbranched alkanes of at least 4 members (excludes halogenated alkanes) is 1. The Morgan fingerprint density at radius 1 is 0.875 bits per heavy atom. The Morgan fingerprint density at radius 2 is 1.46 bits per heavy atom. The highest BCUT2D eigenvalue weighted by atomic mass is 35.5. The normalized spacial score (nSPS) is 11.5. The first-order valence-corrected chi connectivity index (χ1v) is 9.50. The topological polar surface area (TPSA) is 9.23 Å². The van der Waals surface area contributed by atoms with Crippen LogP contribution in [0.1, 0.15) is 56.7 Å². The largest absolute Gasteiger partial charge is 0.494 e. The molecule has 0 amide bonds. The summed E-state index contributed by atoms with van der Waals surface area (Å²) in [6.45, 7) is 7.44. The highest BCUT2D eigenvalue weighted by Gasteiger charge is 2.22. The highest BCUT2D eigenvalue weighted by Crippen LogP contribution is 2.32. The fourth-order valence-electron chi connectivity index (χ4n) is 2.87. The molecule has 1 nitrogen and oxygen atoms in total. The van der Waals surface area contributed by atoms with E-state index < -0.39 is 0 Å². The molecule has 0 aliphatic rings. The second-order valence-corrected chi connectivity index (χ2v) is 7.22. The molecule has 2 heteroatoms. The Hall–Kier alpha value is -1.47. The van der Waals surface area contributed by atoms with Crippen LogP contribution in [0.15, 0.2) is 48.5 Å². The first-order chi connectivity index (χ1) is 11.6. The third kappa shape index (κ3) is 5.01. The molecule has 2 aromatic carbocycles. The van der Waals surface area contributed by atoms with Crippen molar-refractivity contribution in [2.24, 2.45) is 0 Å². The number of hydrogen-bond acceptors (Lipinski definition) is 1. The molecular weight excluding hydrogens is 316 g/mol. The van der Waals surface area contributed by atoms with Crippen LogP contribution < -0.4 is 4.74 Å². The van der Waals surface area contributed by atoms with Crippen LogP contribution in [0.25, 0.3) is 0 Å². The molecule has 0 spiro atoms. The van der Waals surface area contributed by atoms with Crippen LogP contribution in [0.3, 0.4) is 0 Å². The van der Waals surface area contributed by atoms with E-state index in [1.807, 2.05) is 0 Å². The van der Waals surface area contributed by atoms with Gasteiger partial charge in [0.25, 0.3) is 0 Å². The van der Waals surface area contributed by atoms with Crippen molar-refractivity contribution in [3.05, 3.63) is 65.2 Å². The zero-order chi connectivity index (χ0) is 17.4. The third-order valence-electron chi connectivity index (χ3n) is 4.57. The van der Waals surface area contributed by atoms with Gasteiger partial charge in [0.2, 0.25) is 0 Å². The molecule has 0 radical (unpaired) electrons. The van der Waals surface area contributed by atoms with Crippen molar-refractivity contribution in [2.45, 2.75) is 51.9 Å². The maximum atomic E-state index is 5.75. The van der Waals surface area contributed by atoms with Crippen molar-refractivity contribution in [3.63, 3.8) is 0 Å².